The van der Waals surface area contributed by atoms with E-state index < -0.39 is 0 Å². The van der Waals surface area contributed by atoms with Crippen LogP contribution in [0, 0.1) is 6.92 Å². The molecule has 2 N–H and O–H groups in total. The third kappa shape index (κ3) is 3.28. The molecular weight excluding hydrogens is 295 g/mol. The van der Waals surface area contributed by atoms with Crippen LogP contribution in [0.5, 0.6) is 0 Å². The lowest BCUT2D eigenvalue weighted by Crippen LogP contribution is -1.83. The molecule has 90 valence electrons. The van der Waals surface area contributed by atoms with Gasteiger partial charge in [0.1, 0.15) is 0 Å². The fourth-order valence-electron chi connectivity index (χ4n) is 1.33. The molecule has 0 aliphatic heterocycles. The molecule has 1 aromatic heterocycles. The van der Waals surface area contributed by atoms with Crippen molar-refractivity contribution in [3.05, 3.63) is 39.5 Å². The van der Waals surface area contributed by atoms with E-state index in [2.05, 4.69) is 4.98 Å². The number of hydrogen-bond acceptors (Lipinski definition) is 4. The summed E-state index contributed by atoms with van der Waals surface area (Å²) in [6.45, 7) is 1.95. The van der Waals surface area contributed by atoms with E-state index in [4.69, 9.17) is 28.9 Å². The van der Waals surface area contributed by atoms with Crippen LogP contribution in [-0.4, -0.2) is 4.98 Å². The van der Waals surface area contributed by atoms with Crippen molar-refractivity contribution in [3.8, 4) is 0 Å². The van der Waals surface area contributed by atoms with Crippen molar-refractivity contribution in [2.75, 3.05) is 5.73 Å². The first-order valence-corrected chi connectivity index (χ1v) is 7.41. The SMILES string of the molecule is Cc1nc(N)sc1SCc1cc(Cl)ccc1Cl. The minimum absolute atomic E-state index is 0.599. The van der Waals surface area contributed by atoms with Crippen LogP contribution in [0.1, 0.15) is 11.3 Å². The summed E-state index contributed by atoms with van der Waals surface area (Å²) >= 11 is 15.2. The van der Waals surface area contributed by atoms with Gasteiger partial charge in [0.2, 0.25) is 0 Å². The Morgan fingerprint density at radius 2 is 2.18 bits per heavy atom. The summed E-state index contributed by atoms with van der Waals surface area (Å²) in [7, 11) is 0. The fraction of sp³-hybridized carbons (Fsp3) is 0.182. The summed E-state index contributed by atoms with van der Waals surface area (Å²) < 4.78 is 1.12. The molecule has 0 saturated carbocycles. The average Bonchev–Trinajstić information content (AvgIpc) is 2.59. The van der Waals surface area contributed by atoms with Crippen molar-refractivity contribution in [2.24, 2.45) is 0 Å². The molecule has 6 heteroatoms. The van der Waals surface area contributed by atoms with E-state index >= 15 is 0 Å². The maximum Gasteiger partial charge on any atom is 0.181 e. The van der Waals surface area contributed by atoms with Crippen LogP contribution in [0.25, 0.3) is 0 Å². The Labute approximate surface area is 118 Å². The molecule has 1 aromatic carbocycles. The van der Waals surface area contributed by atoms with Crippen molar-refractivity contribution in [1.29, 1.82) is 0 Å². The molecule has 0 unspecified atom stereocenters. The van der Waals surface area contributed by atoms with Gasteiger partial charge in [0.05, 0.1) is 9.90 Å². The van der Waals surface area contributed by atoms with E-state index in [1.165, 1.54) is 11.3 Å². The summed E-state index contributed by atoms with van der Waals surface area (Å²) in [4.78, 5) is 4.18. The Bertz CT molecular complexity index is 540. The number of rotatable bonds is 3. The highest BCUT2D eigenvalue weighted by Crippen LogP contribution is 2.34. The van der Waals surface area contributed by atoms with Crippen molar-refractivity contribution >= 4 is 51.4 Å². The molecule has 0 atom stereocenters. The van der Waals surface area contributed by atoms with E-state index in [0.717, 1.165) is 26.2 Å². The topological polar surface area (TPSA) is 38.9 Å². The number of aromatic nitrogens is 1. The molecule has 0 fully saturated rings. The number of benzene rings is 1. The van der Waals surface area contributed by atoms with Gasteiger partial charge in [0, 0.05) is 15.8 Å². The zero-order chi connectivity index (χ0) is 12.4. The van der Waals surface area contributed by atoms with Crippen molar-refractivity contribution in [3.63, 3.8) is 0 Å². The Morgan fingerprint density at radius 1 is 1.41 bits per heavy atom. The Hall–Kier alpha value is -0.420. The van der Waals surface area contributed by atoms with Gasteiger partial charge in [-0.05, 0) is 30.7 Å². The molecule has 0 saturated heterocycles. The monoisotopic (exact) mass is 304 g/mol. The minimum Gasteiger partial charge on any atom is -0.375 e. The Balaban J connectivity index is 2.12. The maximum absolute atomic E-state index is 6.10. The Morgan fingerprint density at radius 3 is 2.82 bits per heavy atom. The van der Waals surface area contributed by atoms with E-state index in [9.17, 15) is 0 Å². The minimum atomic E-state index is 0.599. The van der Waals surface area contributed by atoms with Gasteiger partial charge in [0.15, 0.2) is 5.13 Å². The maximum atomic E-state index is 6.10. The molecule has 0 aliphatic carbocycles. The number of nitrogens with zero attached hydrogens (tertiary/aromatic N) is 1. The molecule has 0 bridgehead atoms. The summed E-state index contributed by atoms with van der Waals surface area (Å²) in [5, 5.41) is 2.03. The van der Waals surface area contributed by atoms with Crippen molar-refractivity contribution in [1.82, 2.24) is 4.98 Å². The second-order valence-corrected chi connectivity index (χ2v) is 6.57. The molecule has 2 aromatic rings. The lowest BCUT2D eigenvalue weighted by Gasteiger charge is -2.03. The van der Waals surface area contributed by atoms with Gasteiger partial charge in [-0.25, -0.2) is 4.98 Å². The van der Waals surface area contributed by atoms with Gasteiger partial charge in [-0.15, -0.1) is 11.8 Å². The number of halogens is 2. The van der Waals surface area contributed by atoms with Gasteiger partial charge < -0.3 is 5.73 Å². The van der Waals surface area contributed by atoms with Gasteiger partial charge in [-0.1, -0.05) is 34.5 Å². The largest absolute Gasteiger partial charge is 0.375 e. The third-order valence-corrected chi connectivity index (χ3v) is 5.14. The normalized spacial score (nSPS) is 10.8. The quantitative estimate of drug-likeness (QED) is 0.840. The van der Waals surface area contributed by atoms with Gasteiger partial charge in [0.25, 0.3) is 0 Å². The number of anilines is 1. The Kier molecular flexibility index (Phi) is 4.20. The molecule has 17 heavy (non-hydrogen) atoms. The predicted octanol–water partition coefficient (Wildman–Crippen LogP) is 4.63. The lowest BCUT2D eigenvalue weighted by atomic mass is 10.2. The van der Waals surface area contributed by atoms with Gasteiger partial charge in [-0.3, -0.25) is 0 Å². The molecule has 2 rings (SSSR count). The highest BCUT2D eigenvalue weighted by atomic mass is 35.5. The standard InChI is InChI=1S/C11H10Cl2N2S2/c1-6-10(17-11(14)15-6)16-5-7-4-8(12)2-3-9(7)13/h2-4H,5H2,1H3,(H2,14,15). The van der Waals surface area contributed by atoms with E-state index in [1.54, 1.807) is 17.8 Å². The predicted molar refractivity (Wildman–Crippen MR) is 77.3 cm³/mol. The zero-order valence-corrected chi connectivity index (χ0v) is 12.2. The smallest absolute Gasteiger partial charge is 0.181 e. The van der Waals surface area contributed by atoms with Crippen LogP contribution < -0.4 is 5.73 Å². The van der Waals surface area contributed by atoms with Crippen molar-refractivity contribution in [2.45, 2.75) is 16.9 Å². The van der Waals surface area contributed by atoms with Crippen LogP contribution >= 0.6 is 46.3 Å². The van der Waals surface area contributed by atoms with E-state index in [-0.39, 0.29) is 0 Å². The van der Waals surface area contributed by atoms with E-state index in [0.29, 0.717) is 10.2 Å². The molecule has 0 radical (unpaired) electrons. The van der Waals surface area contributed by atoms with Crippen LogP contribution in [0.4, 0.5) is 5.13 Å². The molecule has 2 nitrogen and oxygen atoms in total. The first-order valence-electron chi connectivity index (χ1n) is 4.86. The highest BCUT2D eigenvalue weighted by Gasteiger charge is 2.08. The molecule has 0 aliphatic rings. The van der Waals surface area contributed by atoms with Crippen LogP contribution in [0.3, 0.4) is 0 Å². The lowest BCUT2D eigenvalue weighted by molar-refractivity contribution is 1.21. The summed E-state index contributed by atoms with van der Waals surface area (Å²) in [6, 6.07) is 5.48. The zero-order valence-electron chi connectivity index (χ0n) is 9.04. The second-order valence-electron chi connectivity index (χ2n) is 3.45. The summed E-state index contributed by atoms with van der Waals surface area (Å²) in [5.41, 5.74) is 7.64. The molecular formula is C11H10Cl2N2S2. The van der Waals surface area contributed by atoms with Crippen LogP contribution in [-0.2, 0) is 5.75 Å². The van der Waals surface area contributed by atoms with E-state index in [1.807, 2.05) is 19.1 Å². The summed E-state index contributed by atoms with van der Waals surface area (Å²) in [6.07, 6.45) is 0. The van der Waals surface area contributed by atoms with Crippen molar-refractivity contribution < 1.29 is 0 Å². The highest BCUT2D eigenvalue weighted by molar-refractivity contribution is 8.00. The average molecular weight is 305 g/mol. The second kappa shape index (κ2) is 5.48. The van der Waals surface area contributed by atoms with Crippen LogP contribution in [0.15, 0.2) is 22.4 Å². The summed E-state index contributed by atoms with van der Waals surface area (Å²) in [5.74, 6) is 0.766. The molecule has 0 spiro atoms. The van der Waals surface area contributed by atoms with Gasteiger partial charge >= 0.3 is 0 Å². The molecule has 0 amide bonds. The number of nitrogen functional groups attached to an aromatic ring is 1. The first kappa shape index (κ1) is 13.0. The number of thioether (sulfide) groups is 1. The van der Waals surface area contributed by atoms with Gasteiger partial charge in [-0.2, -0.15) is 0 Å². The first-order chi connectivity index (χ1) is 8.06. The third-order valence-electron chi connectivity index (χ3n) is 2.14. The number of thiazole rings is 1. The number of hydrogen-bond donors (Lipinski definition) is 1. The fourth-order valence-corrected chi connectivity index (χ4v) is 3.81. The number of aryl methyl sites for hydroxylation is 1. The van der Waals surface area contributed by atoms with Crippen LogP contribution in [0.2, 0.25) is 10.0 Å². The number of nitrogens with two attached hydrogens (primary N) is 1. The molecule has 1 heterocycles.